The standard InChI is InChI=1S/C12H11BrFN3/c13-10-4-1-8(14)7-11(10)16-12-15-5-6-17(12)9-2-3-9/h1,4-7,9H,2-3H2,(H,15,16). The minimum absolute atomic E-state index is 0.264. The van der Waals surface area contributed by atoms with Gasteiger partial charge < -0.3 is 9.88 Å². The molecule has 1 saturated carbocycles. The zero-order valence-corrected chi connectivity index (χ0v) is 10.6. The molecule has 0 atom stereocenters. The first-order valence-electron chi connectivity index (χ1n) is 5.49. The molecule has 0 radical (unpaired) electrons. The van der Waals surface area contributed by atoms with E-state index in [0.29, 0.717) is 11.7 Å². The maximum Gasteiger partial charge on any atom is 0.207 e. The van der Waals surface area contributed by atoms with Crippen molar-refractivity contribution in [3.8, 4) is 0 Å². The summed E-state index contributed by atoms with van der Waals surface area (Å²) in [6.07, 6.45) is 6.09. The van der Waals surface area contributed by atoms with Crippen LogP contribution in [0.2, 0.25) is 0 Å². The highest BCUT2D eigenvalue weighted by Crippen LogP contribution is 2.37. The number of nitrogens with one attached hydrogen (secondary N) is 1. The number of nitrogens with zero attached hydrogens (tertiary/aromatic N) is 2. The Balaban J connectivity index is 1.90. The predicted octanol–water partition coefficient (Wildman–Crippen LogP) is 3.86. The number of imidazole rings is 1. The van der Waals surface area contributed by atoms with Gasteiger partial charge in [0.25, 0.3) is 0 Å². The van der Waals surface area contributed by atoms with Crippen molar-refractivity contribution in [2.45, 2.75) is 18.9 Å². The van der Waals surface area contributed by atoms with Crippen LogP contribution in [0.4, 0.5) is 16.0 Å². The van der Waals surface area contributed by atoms with Crippen molar-refractivity contribution in [3.05, 3.63) is 40.9 Å². The molecular formula is C12H11BrFN3. The first kappa shape index (κ1) is 10.8. The van der Waals surface area contributed by atoms with Gasteiger partial charge in [0, 0.05) is 22.9 Å². The van der Waals surface area contributed by atoms with Gasteiger partial charge in [-0.2, -0.15) is 0 Å². The van der Waals surface area contributed by atoms with Gasteiger partial charge in [-0.1, -0.05) is 0 Å². The van der Waals surface area contributed by atoms with Gasteiger partial charge >= 0.3 is 0 Å². The third-order valence-corrected chi connectivity index (χ3v) is 3.48. The van der Waals surface area contributed by atoms with Gasteiger partial charge in [-0.3, -0.25) is 0 Å². The fraction of sp³-hybridized carbons (Fsp3) is 0.250. The molecule has 2 aromatic rings. The summed E-state index contributed by atoms with van der Waals surface area (Å²) in [5.74, 6) is 0.499. The van der Waals surface area contributed by atoms with Crippen LogP contribution in [0.25, 0.3) is 0 Å². The molecule has 3 nitrogen and oxygen atoms in total. The normalized spacial score (nSPS) is 14.9. The zero-order valence-electron chi connectivity index (χ0n) is 9.03. The molecule has 5 heteroatoms. The van der Waals surface area contributed by atoms with E-state index < -0.39 is 0 Å². The molecule has 17 heavy (non-hydrogen) atoms. The van der Waals surface area contributed by atoms with Crippen molar-refractivity contribution in [1.82, 2.24) is 9.55 Å². The van der Waals surface area contributed by atoms with Crippen molar-refractivity contribution in [3.63, 3.8) is 0 Å². The van der Waals surface area contributed by atoms with E-state index >= 15 is 0 Å². The second-order valence-corrected chi connectivity index (χ2v) is 4.99. The molecule has 0 saturated heterocycles. The number of benzene rings is 1. The average Bonchev–Trinajstić information content (AvgIpc) is 3.05. The molecule has 1 aromatic carbocycles. The van der Waals surface area contributed by atoms with Crippen LogP contribution in [0.15, 0.2) is 35.1 Å². The minimum atomic E-state index is -0.264. The van der Waals surface area contributed by atoms with Crippen molar-refractivity contribution in [2.75, 3.05) is 5.32 Å². The summed E-state index contributed by atoms with van der Waals surface area (Å²) in [6.45, 7) is 0. The maximum absolute atomic E-state index is 13.2. The zero-order chi connectivity index (χ0) is 11.8. The molecule has 0 bridgehead atoms. The van der Waals surface area contributed by atoms with Crippen molar-refractivity contribution in [2.24, 2.45) is 0 Å². The third-order valence-electron chi connectivity index (χ3n) is 2.78. The van der Waals surface area contributed by atoms with E-state index in [9.17, 15) is 4.39 Å². The molecular weight excluding hydrogens is 285 g/mol. The molecule has 1 aromatic heterocycles. The van der Waals surface area contributed by atoms with E-state index in [2.05, 4.69) is 30.8 Å². The van der Waals surface area contributed by atoms with Crippen molar-refractivity contribution in [1.29, 1.82) is 0 Å². The highest BCUT2D eigenvalue weighted by atomic mass is 79.9. The topological polar surface area (TPSA) is 29.9 Å². The Morgan fingerprint density at radius 1 is 1.41 bits per heavy atom. The number of rotatable bonds is 3. The molecule has 3 rings (SSSR count). The SMILES string of the molecule is Fc1ccc(Br)c(Nc2nccn2C2CC2)c1. The van der Waals surface area contributed by atoms with E-state index in [0.717, 1.165) is 10.4 Å². The number of hydrogen-bond acceptors (Lipinski definition) is 2. The molecule has 88 valence electrons. The monoisotopic (exact) mass is 295 g/mol. The Morgan fingerprint density at radius 2 is 2.24 bits per heavy atom. The highest BCUT2D eigenvalue weighted by molar-refractivity contribution is 9.10. The van der Waals surface area contributed by atoms with Crippen LogP contribution in [-0.4, -0.2) is 9.55 Å². The maximum atomic E-state index is 13.2. The van der Waals surface area contributed by atoms with Crippen LogP contribution in [0, 0.1) is 5.82 Å². The lowest BCUT2D eigenvalue weighted by molar-refractivity contribution is 0.628. The lowest BCUT2D eigenvalue weighted by Gasteiger charge is -2.10. The molecule has 0 unspecified atom stereocenters. The van der Waals surface area contributed by atoms with E-state index in [1.807, 2.05) is 6.20 Å². The van der Waals surface area contributed by atoms with E-state index in [1.54, 1.807) is 12.3 Å². The number of aromatic nitrogens is 2. The predicted molar refractivity (Wildman–Crippen MR) is 67.9 cm³/mol. The first-order valence-corrected chi connectivity index (χ1v) is 6.28. The van der Waals surface area contributed by atoms with Gasteiger partial charge in [-0.25, -0.2) is 9.37 Å². The van der Waals surface area contributed by atoms with Gasteiger partial charge in [0.15, 0.2) is 0 Å². The molecule has 1 N–H and O–H groups in total. The summed E-state index contributed by atoms with van der Waals surface area (Å²) in [7, 11) is 0. The Kier molecular flexibility index (Phi) is 2.63. The van der Waals surface area contributed by atoms with E-state index in [4.69, 9.17) is 0 Å². The Labute approximate surface area is 107 Å². The second-order valence-electron chi connectivity index (χ2n) is 4.14. The largest absolute Gasteiger partial charge is 0.324 e. The molecule has 1 aliphatic carbocycles. The average molecular weight is 296 g/mol. The van der Waals surface area contributed by atoms with Crippen molar-refractivity contribution < 1.29 is 4.39 Å². The van der Waals surface area contributed by atoms with Crippen molar-refractivity contribution >= 4 is 27.6 Å². The van der Waals surface area contributed by atoms with E-state index in [1.165, 1.54) is 25.0 Å². The molecule has 0 spiro atoms. The number of halogens is 2. The van der Waals surface area contributed by atoms with Crippen LogP contribution >= 0.6 is 15.9 Å². The molecule has 0 aliphatic heterocycles. The van der Waals surface area contributed by atoms with Crippen LogP contribution in [0.3, 0.4) is 0 Å². The molecule has 0 amide bonds. The summed E-state index contributed by atoms with van der Waals surface area (Å²) < 4.78 is 16.1. The Hall–Kier alpha value is -1.36. The fourth-order valence-corrected chi connectivity index (χ4v) is 2.12. The van der Waals surface area contributed by atoms with Gasteiger partial charge in [0.2, 0.25) is 5.95 Å². The van der Waals surface area contributed by atoms with Crippen LogP contribution in [-0.2, 0) is 0 Å². The quantitative estimate of drug-likeness (QED) is 0.932. The summed E-state index contributed by atoms with van der Waals surface area (Å²) in [5.41, 5.74) is 0.693. The molecule has 1 fully saturated rings. The first-order chi connectivity index (χ1) is 8.24. The van der Waals surface area contributed by atoms with Crippen LogP contribution < -0.4 is 5.32 Å². The number of hydrogen-bond donors (Lipinski definition) is 1. The summed E-state index contributed by atoms with van der Waals surface area (Å²) >= 11 is 3.39. The Bertz CT molecular complexity index is 548. The number of anilines is 2. The fourth-order valence-electron chi connectivity index (χ4n) is 1.77. The highest BCUT2D eigenvalue weighted by Gasteiger charge is 2.25. The van der Waals surface area contributed by atoms with Crippen LogP contribution in [0.5, 0.6) is 0 Å². The lowest BCUT2D eigenvalue weighted by Crippen LogP contribution is -2.02. The van der Waals surface area contributed by atoms with Gasteiger partial charge in [-0.15, -0.1) is 0 Å². The third kappa shape index (κ3) is 2.20. The summed E-state index contributed by atoms with van der Waals surface area (Å²) in [4.78, 5) is 4.25. The summed E-state index contributed by atoms with van der Waals surface area (Å²) in [5, 5.41) is 3.15. The minimum Gasteiger partial charge on any atom is -0.324 e. The smallest absolute Gasteiger partial charge is 0.207 e. The van der Waals surface area contributed by atoms with Gasteiger partial charge in [0.05, 0.1) is 5.69 Å². The van der Waals surface area contributed by atoms with Crippen LogP contribution in [0.1, 0.15) is 18.9 Å². The second kappa shape index (κ2) is 4.14. The molecule has 1 aliphatic rings. The molecule has 1 heterocycles. The Morgan fingerprint density at radius 3 is 3.00 bits per heavy atom. The van der Waals surface area contributed by atoms with Gasteiger partial charge in [0.1, 0.15) is 5.82 Å². The summed E-state index contributed by atoms with van der Waals surface area (Å²) in [6, 6.07) is 5.10. The van der Waals surface area contributed by atoms with Gasteiger partial charge in [-0.05, 0) is 47.0 Å². The van der Waals surface area contributed by atoms with E-state index in [-0.39, 0.29) is 5.82 Å². The lowest BCUT2D eigenvalue weighted by atomic mass is 10.3.